The minimum atomic E-state index is 0.663. The molecular weight excluding hydrogens is 332 g/mol. The average molecular weight is 345 g/mol. The van der Waals surface area contributed by atoms with Crippen LogP contribution in [0.5, 0.6) is 0 Å². The molecule has 3 aromatic rings. The molecule has 3 aromatic heterocycles. The van der Waals surface area contributed by atoms with Gasteiger partial charge in [0.2, 0.25) is 0 Å². The molecule has 2 N–H and O–H groups in total. The lowest BCUT2D eigenvalue weighted by Gasteiger charge is -1.86. The number of hydrogen-bond acceptors (Lipinski definition) is 2. The third kappa shape index (κ3) is 2.77. The van der Waals surface area contributed by atoms with Crippen molar-refractivity contribution >= 4 is 58.0 Å². The van der Waals surface area contributed by atoms with Gasteiger partial charge in [0.1, 0.15) is 0 Å². The van der Waals surface area contributed by atoms with Gasteiger partial charge < -0.3 is 9.97 Å². The Morgan fingerprint density at radius 3 is 1.72 bits per heavy atom. The van der Waals surface area contributed by atoms with Crippen LogP contribution in [0.4, 0.5) is 0 Å². The molecule has 0 unspecified atom stereocenters. The summed E-state index contributed by atoms with van der Waals surface area (Å²) in [6.45, 7) is 0. The Morgan fingerprint density at radius 2 is 1.12 bits per heavy atom. The van der Waals surface area contributed by atoms with E-state index >= 15 is 0 Å². The molecule has 0 spiro atoms. The first-order valence-corrected chi connectivity index (χ1v) is 8.33. The molecule has 0 saturated carbocycles. The number of hydrogen-bond donors (Lipinski definition) is 2. The molecule has 5 rings (SSSR count). The summed E-state index contributed by atoms with van der Waals surface area (Å²) in [5.41, 5.74) is 7.31. The largest absolute Gasteiger partial charge is 0.355 e. The zero-order valence-electron chi connectivity index (χ0n) is 13.1. The van der Waals surface area contributed by atoms with Gasteiger partial charge >= 0.3 is 0 Å². The molecule has 0 aliphatic carbocycles. The van der Waals surface area contributed by atoms with Crippen LogP contribution in [0.3, 0.4) is 0 Å². The van der Waals surface area contributed by atoms with Crippen molar-refractivity contribution in [2.24, 2.45) is 0 Å². The summed E-state index contributed by atoms with van der Waals surface area (Å²) in [5, 5.41) is 0.663. The van der Waals surface area contributed by atoms with Crippen LogP contribution in [-0.2, 0) is 0 Å². The second-order valence-electron chi connectivity index (χ2n) is 6.02. The standard InChI is InChI=1S/C20H13ClN4/c21-19-10-18-9-16-4-3-14(23-16)7-12-1-2-13(22-12)8-15-5-6-17(24-15)11-20(19)25-18/h1-11,22,25H. The van der Waals surface area contributed by atoms with Crippen LogP contribution in [0.1, 0.15) is 22.8 Å². The topological polar surface area (TPSA) is 57.4 Å². The number of halogens is 1. The molecule has 4 nitrogen and oxygen atoms in total. The van der Waals surface area contributed by atoms with Crippen LogP contribution < -0.4 is 0 Å². The van der Waals surface area contributed by atoms with Crippen LogP contribution >= 0.6 is 11.6 Å². The van der Waals surface area contributed by atoms with Gasteiger partial charge in [0.25, 0.3) is 0 Å². The second kappa shape index (κ2) is 5.46. The van der Waals surface area contributed by atoms with E-state index in [0.29, 0.717) is 5.02 Å². The fourth-order valence-electron chi connectivity index (χ4n) is 2.98. The van der Waals surface area contributed by atoms with Crippen molar-refractivity contribution in [2.45, 2.75) is 0 Å². The number of rotatable bonds is 0. The number of H-pyrrole nitrogens is 2. The predicted octanol–water partition coefficient (Wildman–Crippen LogP) is 5.31. The normalized spacial score (nSPS) is 12.7. The van der Waals surface area contributed by atoms with Crippen molar-refractivity contribution in [3.05, 3.63) is 70.3 Å². The van der Waals surface area contributed by atoms with E-state index in [0.717, 1.165) is 44.8 Å². The van der Waals surface area contributed by atoms with Crippen molar-refractivity contribution in [2.75, 3.05) is 0 Å². The molecule has 25 heavy (non-hydrogen) atoms. The molecule has 120 valence electrons. The van der Waals surface area contributed by atoms with Crippen LogP contribution in [0.25, 0.3) is 46.4 Å². The number of aromatic nitrogens is 4. The molecule has 2 aliphatic heterocycles. The van der Waals surface area contributed by atoms with E-state index < -0.39 is 0 Å². The molecule has 5 heterocycles. The molecule has 0 atom stereocenters. The lowest BCUT2D eigenvalue weighted by atomic mass is 10.3. The maximum atomic E-state index is 6.35. The van der Waals surface area contributed by atoms with Crippen LogP contribution in [-0.4, -0.2) is 19.9 Å². The van der Waals surface area contributed by atoms with Gasteiger partial charge in [-0.05, 0) is 66.8 Å². The lowest BCUT2D eigenvalue weighted by Crippen LogP contribution is -1.75. The molecule has 2 aliphatic rings. The number of fused-ring (bicyclic) bond motifs is 8. The van der Waals surface area contributed by atoms with E-state index in [4.69, 9.17) is 11.6 Å². The van der Waals surface area contributed by atoms with Gasteiger partial charge in [0.05, 0.1) is 33.3 Å². The smallest absolute Gasteiger partial charge is 0.0662 e. The maximum Gasteiger partial charge on any atom is 0.0662 e. The van der Waals surface area contributed by atoms with Crippen LogP contribution in [0, 0.1) is 0 Å². The minimum absolute atomic E-state index is 0.663. The Bertz CT molecular complexity index is 1210. The Hall–Kier alpha value is -3.11. The SMILES string of the molecule is Clc1cc2cc3nc(cc4ccc(cc5nc(cc1[nH]2)C=C5)[nH]4)C=C3. The first kappa shape index (κ1) is 14.3. The van der Waals surface area contributed by atoms with E-state index in [1.54, 1.807) is 0 Å². The summed E-state index contributed by atoms with van der Waals surface area (Å²) in [5.74, 6) is 0. The van der Waals surface area contributed by atoms with E-state index in [1.807, 2.05) is 66.8 Å². The molecular formula is C20H13ClN4. The second-order valence-corrected chi connectivity index (χ2v) is 6.43. The predicted molar refractivity (Wildman–Crippen MR) is 104 cm³/mol. The maximum absolute atomic E-state index is 6.35. The fraction of sp³-hybridized carbons (Fsp3) is 0. The van der Waals surface area contributed by atoms with Crippen LogP contribution in [0.15, 0.2) is 42.5 Å². The highest BCUT2D eigenvalue weighted by Gasteiger charge is 2.03. The van der Waals surface area contributed by atoms with Crippen molar-refractivity contribution in [3.8, 4) is 0 Å². The van der Waals surface area contributed by atoms with Gasteiger partial charge in [-0.15, -0.1) is 0 Å². The lowest BCUT2D eigenvalue weighted by molar-refractivity contribution is 1.31. The molecule has 0 aromatic carbocycles. The molecule has 5 heteroatoms. The summed E-state index contributed by atoms with van der Waals surface area (Å²) in [4.78, 5) is 15.9. The monoisotopic (exact) mass is 344 g/mol. The summed E-state index contributed by atoms with van der Waals surface area (Å²) >= 11 is 6.35. The number of aromatic amines is 2. The van der Waals surface area contributed by atoms with Gasteiger partial charge in [0.15, 0.2) is 0 Å². The fourth-order valence-corrected chi connectivity index (χ4v) is 3.20. The van der Waals surface area contributed by atoms with Gasteiger partial charge in [0, 0.05) is 16.6 Å². The first-order valence-electron chi connectivity index (χ1n) is 7.95. The summed E-state index contributed by atoms with van der Waals surface area (Å²) in [6, 6.07) is 13.9. The van der Waals surface area contributed by atoms with Crippen molar-refractivity contribution < 1.29 is 0 Å². The molecule has 0 saturated heterocycles. The Labute approximate surface area is 148 Å². The third-order valence-corrected chi connectivity index (χ3v) is 4.43. The molecule has 0 amide bonds. The summed E-state index contributed by atoms with van der Waals surface area (Å²) in [6.07, 6.45) is 7.95. The Morgan fingerprint density at radius 1 is 0.600 bits per heavy atom. The minimum Gasteiger partial charge on any atom is -0.355 e. The average Bonchev–Trinajstić information content (AvgIpc) is 3.33. The van der Waals surface area contributed by atoms with E-state index in [1.165, 1.54) is 0 Å². The molecule has 0 radical (unpaired) electrons. The Balaban J connectivity index is 1.87. The van der Waals surface area contributed by atoms with Gasteiger partial charge in [-0.25, -0.2) is 9.97 Å². The zero-order chi connectivity index (χ0) is 16.8. The zero-order valence-corrected chi connectivity index (χ0v) is 13.9. The number of nitrogens with zero attached hydrogens (tertiary/aromatic N) is 2. The van der Waals surface area contributed by atoms with Gasteiger partial charge in [-0.3, -0.25) is 0 Å². The van der Waals surface area contributed by atoms with Crippen molar-refractivity contribution in [3.63, 3.8) is 0 Å². The van der Waals surface area contributed by atoms with Gasteiger partial charge in [-0.1, -0.05) is 11.6 Å². The van der Waals surface area contributed by atoms with E-state index in [2.05, 4.69) is 19.9 Å². The van der Waals surface area contributed by atoms with Crippen molar-refractivity contribution in [1.29, 1.82) is 0 Å². The highest BCUT2D eigenvalue weighted by atomic mass is 35.5. The van der Waals surface area contributed by atoms with E-state index in [-0.39, 0.29) is 0 Å². The first-order chi connectivity index (χ1) is 12.2. The highest BCUT2D eigenvalue weighted by molar-refractivity contribution is 6.34. The van der Waals surface area contributed by atoms with E-state index in [9.17, 15) is 0 Å². The summed E-state index contributed by atoms with van der Waals surface area (Å²) in [7, 11) is 0. The summed E-state index contributed by atoms with van der Waals surface area (Å²) < 4.78 is 0. The van der Waals surface area contributed by atoms with Crippen molar-refractivity contribution in [1.82, 2.24) is 19.9 Å². The number of nitrogens with one attached hydrogen (secondary N) is 2. The Kier molecular flexibility index (Phi) is 3.11. The van der Waals surface area contributed by atoms with Gasteiger partial charge in [-0.2, -0.15) is 0 Å². The third-order valence-electron chi connectivity index (χ3n) is 4.12. The highest BCUT2D eigenvalue weighted by Crippen LogP contribution is 2.22. The quantitative estimate of drug-likeness (QED) is 0.400. The van der Waals surface area contributed by atoms with Crippen LogP contribution in [0.2, 0.25) is 5.02 Å². The molecule has 8 bridgehead atoms. The molecule has 0 fully saturated rings.